The van der Waals surface area contributed by atoms with E-state index < -0.39 is 5.91 Å². The topological polar surface area (TPSA) is 155 Å². The molecule has 0 bridgehead atoms. The minimum absolute atomic E-state index is 0.0676. The molecule has 0 radical (unpaired) electrons. The highest BCUT2D eigenvalue weighted by Crippen LogP contribution is 2.26. The minimum atomic E-state index is -0.515. The summed E-state index contributed by atoms with van der Waals surface area (Å²) in [4.78, 5) is 39.5. The number of carbonyl (C=O) groups is 2. The van der Waals surface area contributed by atoms with E-state index in [0.29, 0.717) is 12.0 Å². The van der Waals surface area contributed by atoms with Crippen LogP contribution in [0.25, 0.3) is 11.3 Å². The van der Waals surface area contributed by atoms with Crippen molar-refractivity contribution in [2.75, 3.05) is 5.73 Å². The summed E-state index contributed by atoms with van der Waals surface area (Å²) in [7, 11) is 0. The van der Waals surface area contributed by atoms with Gasteiger partial charge in [-0.25, -0.2) is 9.97 Å². The SMILES string of the molecule is CC(C)C(C(N)=NC(=O)c1cnn(CC=O)c1)c1ccc(-c2cnc(N)nc2)nc1. The molecule has 0 aliphatic carbocycles. The molecule has 1 atom stereocenters. The Morgan fingerprint density at radius 3 is 2.50 bits per heavy atom. The Labute approximate surface area is 173 Å². The van der Waals surface area contributed by atoms with Gasteiger partial charge in [-0.15, -0.1) is 0 Å². The summed E-state index contributed by atoms with van der Waals surface area (Å²) in [5.41, 5.74) is 14.2. The van der Waals surface area contributed by atoms with Gasteiger partial charge in [0.1, 0.15) is 12.1 Å². The average molecular weight is 406 g/mol. The Balaban J connectivity index is 1.83. The molecule has 0 aliphatic rings. The van der Waals surface area contributed by atoms with Gasteiger partial charge in [0.2, 0.25) is 5.95 Å². The maximum Gasteiger partial charge on any atom is 0.281 e. The van der Waals surface area contributed by atoms with Gasteiger partial charge in [0.05, 0.1) is 24.0 Å². The van der Waals surface area contributed by atoms with Crippen LogP contribution in [0.4, 0.5) is 5.95 Å². The lowest BCUT2D eigenvalue weighted by atomic mass is 9.88. The molecule has 3 rings (SSSR count). The Bertz CT molecular complexity index is 1060. The highest BCUT2D eigenvalue weighted by Gasteiger charge is 2.22. The van der Waals surface area contributed by atoms with Crippen molar-refractivity contribution in [2.45, 2.75) is 26.3 Å². The van der Waals surface area contributed by atoms with Gasteiger partial charge < -0.3 is 16.3 Å². The lowest BCUT2D eigenvalue weighted by molar-refractivity contribution is -0.108. The van der Waals surface area contributed by atoms with E-state index in [2.05, 4.69) is 25.0 Å². The number of aromatic nitrogens is 5. The summed E-state index contributed by atoms with van der Waals surface area (Å²) in [5.74, 6) is -0.363. The average Bonchev–Trinajstić information content (AvgIpc) is 3.18. The molecule has 1 unspecified atom stereocenters. The molecule has 0 fully saturated rings. The van der Waals surface area contributed by atoms with Crippen LogP contribution in [0.3, 0.4) is 0 Å². The van der Waals surface area contributed by atoms with Crippen molar-refractivity contribution in [3.63, 3.8) is 0 Å². The maximum absolute atomic E-state index is 12.4. The molecule has 3 aromatic heterocycles. The summed E-state index contributed by atoms with van der Waals surface area (Å²) in [6.45, 7) is 4.04. The Kier molecular flexibility index (Phi) is 6.26. The van der Waals surface area contributed by atoms with Gasteiger partial charge in [-0.1, -0.05) is 19.9 Å². The Hall–Kier alpha value is -3.95. The van der Waals surface area contributed by atoms with Crippen molar-refractivity contribution >= 4 is 24.0 Å². The second-order valence-electron chi connectivity index (χ2n) is 6.99. The highest BCUT2D eigenvalue weighted by atomic mass is 16.1. The number of nitrogens with zero attached hydrogens (tertiary/aromatic N) is 6. The predicted molar refractivity (Wildman–Crippen MR) is 111 cm³/mol. The number of pyridine rings is 1. The van der Waals surface area contributed by atoms with Crippen LogP contribution in [0.5, 0.6) is 0 Å². The first-order chi connectivity index (χ1) is 14.4. The molecule has 3 heterocycles. The zero-order chi connectivity index (χ0) is 21.7. The van der Waals surface area contributed by atoms with Crippen LogP contribution in [-0.4, -0.2) is 42.8 Å². The van der Waals surface area contributed by atoms with Crippen molar-refractivity contribution in [1.29, 1.82) is 0 Å². The van der Waals surface area contributed by atoms with E-state index in [1.165, 1.54) is 17.1 Å². The van der Waals surface area contributed by atoms with Crippen LogP contribution in [-0.2, 0) is 11.3 Å². The summed E-state index contributed by atoms with van der Waals surface area (Å²) in [6.07, 6.45) is 8.42. The fourth-order valence-corrected chi connectivity index (χ4v) is 3.03. The van der Waals surface area contributed by atoms with Gasteiger partial charge in [-0.05, 0) is 17.5 Å². The first-order valence-electron chi connectivity index (χ1n) is 9.27. The normalized spacial score (nSPS) is 12.7. The summed E-state index contributed by atoms with van der Waals surface area (Å²) >= 11 is 0. The van der Waals surface area contributed by atoms with Crippen LogP contribution in [0.2, 0.25) is 0 Å². The number of anilines is 1. The zero-order valence-corrected chi connectivity index (χ0v) is 16.6. The second kappa shape index (κ2) is 9.03. The number of hydrogen-bond acceptors (Lipinski definition) is 7. The molecule has 0 saturated heterocycles. The van der Waals surface area contributed by atoms with Crippen molar-refractivity contribution in [3.05, 3.63) is 54.2 Å². The van der Waals surface area contributed by atoms with E-state index >= 15 is 0 Å². The summed E-state index contributed by atoms with van der Waals surface area (Å²) in [6, 6.07) is 3.72. The van der Waals surface area contributed by atoms with E-state index in [1.807, 2.05) is 26.0 Å². The fourth-order valence-electron chi connectivity index (χ4n) is 3.03. The van der Waals surface area contributed by atoms with Gasteiger partial charge in [-0.2, -0.15) is 10.1 Å². The summed E-state index contributed by atoms with van der Waals surface area (Å²) in [5, 5.41) is 3.94. The van der Waals surface area contributed by atoms with Gasteiger partial charge in [0.15, 0.2) is 0 Å². The van der Waals surface area contributed by atoms with Crippen molar-refractivity contribution in [3.8, 4) is 11.3 Å². The molecule has 0 saturated carbocycles. The molecular formula is C20H22N8O2. The van der Waals surface area contributed by atoms with Crippen LogP contribution in [0.15, 0.2) is 48.1 Å². The first kappa shape index (κ1) is 20.8. The quantitative estimate of drug-likeness (QED) is 0.339. The van der Waals surface area contributed by atoms with Gasteiger partial charge >= 0.3 is 0 Å². The molecule has 4 N–H and O–H groups in total. The number of hydrogen-bond donors (Lipinski definition) is 2. The molecule has 10 nitrogen and oxygen atoms in total. The Morgan fingerprint density at radius 1 is 1.17 bits per heavy atom. The number of carbonyl (C=O) groups excluding carboxylic acids is 2. The third-order valence-electron chi connectivity index (χ3n) is 4.47. The number of amidine groups is 1. The van der Waals surface area contributed by atoms with E-state index in [-0.39, 0.29) is 35.7 Å². The largest absolute Gasteiger partial charge is 0.387 e. The predicted octanol–water partition coefficient (Wildman–Crippen LogP) is 1.45. The number of aliphatic imine (C=N–C) groups is 1. The fraction of sp³-hybridized carbons (Fsp3) is 0.250. The molecule has 1 amide bonds. The van der Waals surface area contributed by atoms with E-state index in [1.54, 1.807) is 18.6 Å². The smallest absolute Gasteiger partial charge is 0.281 e. The number of amides is 1. The molecule has 10 heteroatoms. The molecule has 0 aliphatic heterocycles. The minimum Gasteiger partial charge on any atom is -0.387 e. The third kappa shape index (κ3) is 4.72. The van der Waals surface area contributed by atoms with Crippen molar-refractivity contribution in [2.24, 2.45) is 16.6 Å². The number of nitrogens with two attached hydrogens (primary N) is 2. The number of nitrogen functional groups attached to an aromatic ring is 1. The Morgan fingerprint density at radius 2 is 1.90 bits per heavy atom. The number of aldehydes is 1. The van der Waals surface area contributed by atoms with E-state index in [9.17, 15) is 9.59 Å². The number of rotatable bonds is 7. The third-order valence-corrected chi connectivity index (χ3v) is 4.47. The summed E-state index contributed by atoms with van der Waals surface area (Å²) < 4.78 is 1.36. The molecule has 30 heavy (non-hydrogen) atoms. The highest BCUT2D eigenvalue weighted by molar-refractivity contribution is 6.04. The van der Waals surface area contributed by atoms with Crippen LogP contribution < -0.4 is 11.5 Å². The first-order valence-corrected chi connectivity index (χ1v) is 9.27. The van der Waals surface area contributed by atoms with Crippen LogP contribution >= 0.6 is 0 Å². The molecule has 0 spiro atoms. The lowest BCUT2D eigenvalue weighted by Crippen LogP contribution is -2.27. The van der Waals surface area contributed by atoms with Gasteiger partial charge in [0.25, 0.3) is 5.91 Å². The van der Waals surface area contributed by atoms with Crippen LogP contribution in [0.1, 0.15) is 35.7 Å². The maximum atomic E-state index is 12.4. The zero-order valence-electron chi connectivity index (χ0n) is 16.6. The van der Waals surface area contributed by atoms with Gasteiger partial charge in [0, 0.05) is 36.3 Å². The van der Waals surface area contributed by atoms with E-state index in [0.717, 1.165) is 11.1 Å². The lowest BCUT2D eigenvalue weighted by Gasteiger charge is -2.20. The van der Waals surface area contributed by atoms with Crippen molar-refractivity contribution < 1.29 is 9.59 Å². The monoisotopic (exact) mass is 406 g/mol. The molecule has 3 aromatic rings. The second-order valence-corrected chi connectivity index (χ2v) is 6.99. The molecule has 154 valence electrons. The molecular weight excluding hydrogens is 384 g/mol. The van der Waals surface area contributed by atoms with Crippen molar-refractivity contribution in [1.82, 2.24) is 24.7 Å². The van der Waals surface area contributed by atoms with E-state index in [4.69, 9.17) is 11.5 Å². The van der Waals surface area contributed by atoms with Gasteiger partial charge in [-0.3, -0.25) is 14.5 Å². The molecule has 0 aromatic carbocycles. The van der Waals surface area contributed by atoms with Crippen LogP contribution in [0, 0.1) is 5.92 Å². The standard InChI is InChI=1S/C20H22N8O2/c1-12(2)17(18(21)27-19(30)15-10-26-28(11-15)5-6-29)13-3-4-16(23-7-13)14-8-24-20(22)25-9-14/h3-4,6-12,17H,5H2,1-2H3,(H2,21,27,30)(H2,22,24,25).